The summed E-state index contributed by atoms with van der Waals surface area (Å²) < 4.78 is 0. The van der Waals surface area contributed by atoms with Crippen molar-refractivity contribution in [1.29, 1.82) is 0 Å². The maximum absolute atomic E-state index is 12.2. The van der Waals surface area contributed by atoms with Gasteiger partial charge < -0.3 is 15.1 Å². The molecular weight excluding hydrogens is 297 g/mol. The number of hydrogen-bond donors (Lipinski definition) is 1. The first-order valence-electron chi connectivity index (χ1n) is 7.23. The van der Waals surface area contributed by atoms with Crippen LogP contribution in [0.2, 0.25) is 0 Å². The van der Waals surface area contributed by atoms with Gasteiger partial charge in [0.15, 0.2) is 0 Å². The van der Waals surface area contributed by atoms with Crippen molar-refractivity contribution in [3.63, 3.8) is 0 Å². The van der Waals surface area contributed by atoms with E-state index in [1.54, 1.807) is 0 Å². The molecule has 0 aromatic heterocycles. The molecule has 1 heterocycles. The molecule has 0 saturated carbocycles. The Labute approximate surface area is 136 Å². The lowest BCUT2D eigenvalue weighted by Crippen LogP contribution is -2.48. The molecule has 1 amide bonds. The molecule has 1 fully saturated rings. The molecule has 20 heavy (non-hydrogen) atoms. The van der Waals surface area contributed by atoms with Crippen molar-refractivity contribution in [3.8, 4) is 0 Å². The monoisotopic (exact) mass is 327 g/mol. The van der Waals surface area contributed by atoms with Crippen LogP contribution in [0, 0.1) is 5.92 Å². The van der Waals surface area contributed by atoms with E-state index in [2.05, 4.69) is 17.1 Å². The fraction of sp³-hybridized carbons (Fsp3) is 0.929. The van der Waals surface area contributed by atoms with Crippen LogP contribution in [0.3, 0.4) is 0 Å². The topological polar surface area (TPSA) is 35.6 Å². The molecule has 0 bridgehead atoms. The third-order valence-electron chi connectivity index (χ3n) is 3.92. The van der Waals surface area contributed by atoms with Gasteiger partial charge in [-0.2, -0.15) is 0 Å². The minimum absolute atomic E-state index is 0. The van der Waals surface area contributed by atoms with Crippen molar-refractivity contribution in [2.45, 2.75) is 39.2 Å². The number of nitrogens with one attached hydrogen (secondary N) is 1. The summed E-state index contributed by atoms with van der Waals surface area (Å²) in [4.78, 5) is 16.7. The number of nitrogens with zero attached hydrogens (tertiary/aromatic N) is 2. The van der Waals surface area contributed by atoms with Crippen molar-refractivity contribution < 1.29 is 4.79 Å². The Morgan fingerprint density at radius 1 is 1.35 bits per heavy atom. The molecule has 0 aliphatic carbocycles. The Hall–Kier alpha value is -0.0300. The van der Waals surface area contributed by atoms with Gasteiger partial charge in [-0.25, -0.2) is 0 Å². The molecular formula is C14H31Cl2N3O. The van der Waals surface area contributed by atoms with Crippen LogP contribution in [0.25, 0.3) is 0 Å². The summed E-state index contributed by atoms with van der Waals surface area (Å²) in [6, 6.07) is 0.435. The van der Waals surface area contributed by atoms with E-state index in [1.165, 1.54) is 13.0 Å². The molecule has 1 N–H and O–H groups in total. The van der Waals surface area contributed by atoms with Crippen molar-refractivity contribution >= 4 is 30.7 Å². The van der Waals surface area contributed by atoms with E-state index in [1.807, 2.05) is 25.9 Å². The van der Waals surface area contributed by atoms with Crippen LogP contribution in [-0.4, -0.2) is 62.0 Å². The standard InChI is InChI=1S/C14H29N3O.2ClH/c1-5-8-17-9-6-13(7-10-17)16(4)14(18)12(2)11-15-3;;/h12-13,15H,5-11H2,1-4H3;2*1H. The predicted octanol–water partition coefficient (Wildman–Crippen LogP) is 2.02. The number of piperidine rings is 1. The van der Waals surface area contributed by atoms with Crippen LogP contribution < -0.4 is 5.32 Å². The molecule has 0 radical (unpaired) electrons. The lowest BCUT2D eigenvalue weighted by atomic mass is 10.0. The minimum atomic E-state index is 0. The number of likely N-dealkylation sites (tertiary alicyclic amines) is 1. The molecule has 0 aromatic rings. The molecule has 122 valence electrons. The second kappa shape index (κ2) is 11.6. The number of hydrogen-bond acceptors (Lipinski definition) is 3. The maximum Gasteiger partial charge on any atom is 0.226 e. The van der Waals surface area contributed by atoms with Crippen LogP contribution in [-0.2, 0) is 4.79 Å². The summed E-state index contributed by atoms with van der Waals surface area (Å²) in [6.07, 6.45) is 3.46. The van der Waals surface area contributed by atoms with Gasteiger partial charge in [0.1, 0.15) is 0 Å². The number of amides is 1. The van der Waals surface area contributed by atoms with Gasteiger partial charge in [-0.15, -0.1) is 24.8 Å². The van der Waals surface area contributed by atoms with Gasteiger partial charge in [-0.1, -0.05) is 13.8 Å². The molecule has 6 heteroatoms. The molecule has 4 nitrogen and oxygen atoms in total. The van der Waals surface area contributed by atoms with Crippen LogP contribution in [0.15, 0.2) is 0 Å². The zero-order valence-corrected chi connectivity index (χ0v) is 14.9. The van der Waals surface area contributed by atoms with Gasteiger partial charge in [-0.3, -0.25) is 4.79 Å². The highest BCUT2D eigenvalue weighted by atomic mass is 35.5. The predicted molar refractivity (Wildman–Crippen MR) is 90.1 cm³/mol. The zero-order chi connectivity index (χ0) is 13.5. The maximum atomic E-state index is 12.2. The first-order valence-corrected chi connectivity index (χ1v) is 7.23. The molecule has 1 saturated heterocycles. The third kappa shape index (κ3) is 6.61. The van der Waals surface area contributed by atoms with Gasteiger partial charge in [0.2, 0.25) is 5.91 Å². The van der Waals surface area contributed by atoms with Gasteiger partial charge in [0, 0.05) is 38.6 Å². The van der Waals surface area contributed by atoms with Gasteiger partial charge >= 0.3 is 0 Å². The van der Waals surface area contributed by atoms with E-state index in [4.69, 9.17) is 0 Å². The molecule has 0 spiro atoms. The van der Waals surface area contributed by atoms with Crippen LogP contribution in [0.4, 0.5) is 0 Å². The Morgan fingerprint density at radius 3 is 2.35 bits per heavy atom. The normalized spacial score (nSPS) is 17.8. The fourth-order valence-corrected chi connectivity index (χ4v) is 2.77. The van der Waals surface area contributed by atoms with Crippen molar-refractivity contribution in [2.75, 3.05) is 40.3 Å². The van der Waals surface area contributed by atoms with E-state index in [0.29, 0.717) is 6.04 Å². The molecule has 1 unspecified atom stereocenters. The highest BCUT2D eigenvalue weighted by Gasteiger charge is 2.27. The lowest BCUT2D eigenvalue weighted by molar-refractivity contribution is -0.136. The lowest BCUT2D eigenvalue weighted by Gasteiger charge is -2.37. The van der Waals surface area contributed by atoms with Crippen LogP contribution in [0.1, 0.15) is 33.1 Å². The summed E-state index contributed by atoms with van der Waals surface area (Å²) in [5, 5.41) is 3.07. The van der Waals surface area contributed by atoms with E-state index in [9.17, 15) is 4.79 Å². The smallest absolute Gasteiger partial charge is 0.226 e. The van der Waals surface area contributed by atoms with E-state index < -0.39 is 0 Å². The molecule has 1 atom stereocenters. The molecule has 1 rings (SSSR count). The highest BCUT2D eigenvalue weighted by Crippen LogP contribution is 2.17. The average Bonchev–Trinajstić information content (AvgIpc) is 2.38. The molecule has 0 aromatic carbocycles. The largest absolute Gasteiger partial charge is 0.342 e. The first-order chi connectivity index (χ1) is 8.60. The highest BCUT2D eigenvalue weighted by molar-refractivity contribution is 5.85. The Morgan fingerprint density at radius 2 is 1.90 bits per heavy atom. The number of carbonyl (C=O) groups excluding carboxylic acids is 1. The second-order valence-corrected chi connectivity index (χ2v) is 5.48. The third-order valence-corrected chi connectivity index (χ3v) is 3.92. The molecule has 1 aliphatic rings. The van der Waals surface area contributed by atoms with Crippen LogP contribution >= 0.6 is 24.8 Å². The SMILES string of the molecule is CCCN1CCC(N(C)C(=O)C(C)CNC)CC1.Cl.Cl. The van der Waals surface area contributed by atoms with E-state index in [-0.39, 0.29) is 36.6 Å². The van der Waals surface area contributed by atoms with E-state index >= 15 is 0 Å². The Bertz CT molecular complexity index is 259. The van der Waals surface area contributed by atoms with Crippen molar-refractivity contribution in [3.05, 3.63) is 0 Å². The number of carbonyl (C=O) groups is 1. The molecule has 1 aliphatic heterocycles. The van der Waals surface area contributed by atoms with E-state index in [0.717, 1.165) is 32.5 Å². The fourth-order valence-electron chi connectivity index (χ4n) is 2.77. The minimum Gasteiger partial charge on any atom is -0.342 e. The summed E-state index contributed by atoms with van der Waals surface area (Å²) in [5.41, 5.74) is 0. The summed E-state index contributed by atoms with van der Waals surface area (Å²) >= 11 is 0. The summed E-state index contributed by atoms with van der Waals surface area (Å²) in [5.74, 6) is 0.354. The van der Waals surface area contributed by atoms with Gasteiger partial charge in [0.05, 0.1) is 0 Å². The first kappa shape index (κ1) is 22.3. The Kier molecular flexibility index (Phi) is 12.9. The summed E-state index contributed by atoms with van der Waals surface area (Å²) in [6.45, 7) is 8.45. The average molecular weight is 328 g/mol. The van der Waals surface area contributed by atoms with Gasteiger partial charge in [0.25, 0.3) is 0 Å². The van der Waals surface area contributed by atoms with Crippen molar-refractivity contribution in [2.24, 2.45) is 5.92 Å². The zero-order valence-electron chi connectivity index (χ0n) is 13.2. The quantitative estimate of drug-likeness (QED) is 0.810. The van der Waals surface area contributed by atoms with Crippen molar-refractivity contribution in [1.82, 2.24) is 15.1 Å². The number of rotatable bonds is 6. The summed E-state index contributed by atoms with van der Waals surface area (Å²) in [7, 11) is 3.86. The van der Waals surface area contributed by atoms with Crippen LogP contribution in [0.5, 0.6) is 0 Å². The Balaban J connectivity index is 0. The van der Waals surface area contributed by atoms with Gasteiger partial charge in [-0.05, 0) is 32.9 Å². The second-order valence-electron chi connectivity index (χ2n) is 5.48. The number of halogens is 2.